The SMILES string of the molecule is CCCCCCCCCCCCCCCCOC1O[C@H](CO)[C@@H](OCCCCCCCCCCCCCCCC)[C@H](OCCCCCCCCCCCCCCCC)[C@H]1OCCCCCCCCCCCCCCCC. The Morgan fingerprint density at radius 1 is 0.224 bits per heavy atom. The lowest BCUT2D eigenvalue weighted by Gasteiger charge is -2.45. The minimum absolute atomic E-state index is 0.105. The summed E-state index contributed by atoms with van der Waals surface area (Å²) in [4.78, 5) is 0. The van der Waals surface area contributed by atoms with E-state index >= 15 is 0 Å². The Labute approximate surface area is 477 Å². The van der Waals surface area contributed by atoms with E-state index in [2.05, 4.69) is 27.7 Å². The molecule has 76 heavy (non-hydrogen) atoms. The predicted octanol–water partition coefficient (Wildman–Crippen LogP) is 22.8. The van der Waals surface area contributed by atoms with Gasteiger partial charge < -0.3 is 28.8 Å². The molecule has 1 saturated heterocycles. The summed E-state index contributed by atoms with van der Waals surface area (Å²) in [7, 11) is 0. The summed E-state index contributed by atoms with van der Waals surface area (Å²) in [5.74, 6) is 0. The van der Waals surface area contributed by atoms with Crippen LogP contribution in [0.2, 0.25) is 0 Å². The molecule has 0 aromatic carbocycles. The van der Waals surface area contributed by atoms with Gasteiger partial charge in [0.1, 0.15) is 24.4 Å². The lowest BCUT2D eigenvalue weighted by Crippen LogP contribution is -2.62. The topological polar surface area (TPSA) is 66.4 Å². The zero-order chi connectivity index (χ0) is 54.6. The molecule has 1 aliphatic heterocycles. The van der Waals surface area contributed by atoms with Gasteiger partial charge in [-0.25, -0.2) is 0 Å². The molecule has 0 aromatic rings. The Balaban J connectivity index is 2.78. The van der Waals surface area contributed by atoms with Crippen molar-refractivity contribution in [2.75, 3.05) is 33.0 Å². The summed E-state index contributed by atoms with van der Waals surface area (Å²) in [6.45, 7) is 11.8. The molecule has 0 amide bonds. The second kappa shape index (κ2) is 62.4. The minimum atomic E-state index is -0.562. The van der Waals surface area contributed by atoms with Crippen LogP contribution in [-0.4, -0.2) is 68.8 Å². The van der Waals surface area contributed by atoms with Crippen molar-refractivity contribution in [1.29, 1.82) is 0 Å². The maximum absolute atomic E-state index is 10.9. The van der Waals surface area contributed by atoms with Gasteiger partial charge in [-0.05, 0) is 25.7 Å². The lowest BCUT2D eigenvalue weighted by molar-refractivity contribution is -0.322. The lowest BCUT2D eigenvalue weighted by atomic mass is 9.98. The average Bonchev–Trinajstić information content (AvgIpc) is 3.43. The summed E-state index contributed by atoms with van der Waals surface area (Å²) in [5, 5.41) is 10.9. The van der Waals surface area contributed by atoms with Crippen LogP contribution >= 0.6 is 0 Å². The molecule has 0 aromatic heterocycles. The Morgan fingerprint density at radius 2 is 0.408 bits per heavy atom. The fraction of sp³-hybridized carbons (Fsp3) is 1.00. The van der Waals surface area contributed by atoms with Gasteiger partial charge in [-0.15, -0.1) is 0 Å². The van der Waals surface area contributed by atoms with Gasteiger partial charge in [0.15, 0.2) is 6.29 Å². The molecule has 0 spiro atoms. The van der Waals surface area contributed by atoms with E-state index in [1.165, 1.54) is 334 Å². The quantitative estimate of drug-likeness (QED) is 0.0612. The number of ether oxygens (including phenoxy) is 5. The molecule has 456 valence electrons. The first-order valence-electron chi connectivity index (χ1n) is 35.5. The zero-order valence-electron chi connectivity index (χ0n) is 52.5. The van der Waals surface area contributed by atoms with Gasteiger partial charge in [0, 0.05) is 26.4 Å². The highest BCUT2D eigenvalue weighted by Gasteiger charge is 2.48. The third-order valence-corrected chi connectivity index (χ3v) is 17.0. The fourth-order valence-electron chi connectivity index (χ4n) is 11.8. The van der Waals surface area contributed by atoms with Gasteiger partial charge in [0.05, 0.1) is 6.61 Å². The minimum Gasteiger partial charge on any atom is -0.394 e. The Bertz CT molecular complexity index is 1060. The molecule has 5 atom stereocenters. The summed E-state index contributed by atoms with van der Waals surface area (Å²) >= 11 is 0. The van der Waals surface area contributed by atoms with E-state index in [0.717, 1.165) is 25.7 Å². The summed E-state index contributed by atoms with van der Waals surface area (Å²) in [5.41, 5.74) is 0. The summed E-state index contributed by atoms with van der Waals surface area (Å²) in [6.07, 6.45) is 73.1. The first-order valence-corrected chi connectivity index (χ1v) is 35.5. The van der Waals surface area contributed by atoms with Crippen molar-refractivity contribution in [2.45, 2.75) is 418 Å². The van der Waals surface area contributed by atoms with Gasteiger partial charge in [-0.2, -0.15) is 0 Å². The van der Waals surface area contributed by atoms with Crippen molar-refractivity contribution in [2.24, 2.45) is 0 Å². The van der Waals surface area contributed by atoms with Crippen molar-refractivity contribution in [3.05, 3.63) is 0 Å². The van der Waals surface area contributed by atoms with Crippen molar-refractivity contribution in [3.63, 3.8) is 0 Å². The molecule has 1 N–H and O–H groups in total. The largest absolute Gasteiger partial charge is 0.394 e. The molecule has 6 heteroatoms. The van der Waals surface area contributed by atoms with Gasteiger partial charge in [-0.1, -0.05) is 362 Å². The van der Waals surface area contributed by atoms with Crippen molar-refractivity contribution in [1.82, 2.24) is 0 Å². The van der Waals surface area contributed by atoms with Crippen molar-refractivity contribution < 1.29 is 28.8 Å². The maximum Gasteiger partial charge on any atom is 0.186 e. The molecule has 0 bridgehead atoms. The molecule has 0 saturated carbocycles. The second-order valence-electron chi connectivity index (χ2n) is 24.5. The number of aliphatic hydroxyl groups is 1. The highest BCUT2D eigenvalue weighted by molar-refractivity contribution is 4.93. The van der Waals surface area contributed by atoms with Gasteiger partial charge in [0.2, 0.25) is 0 Å². The number of unbranched alkanes of at least 4 members (excludes halogenated alkanes) is 52. The molecule has 1 fully saturated rings. The van der Waals surface area contributed by atoms with E-state index < -0.39 is 12.4 Å². The molecule has 0 radical (unpaired) electrons. The standard InChI is InChI=1S/C70H140O6/c1-5-9-13-17-21-25-29-33-37-41-45-49-53-57-61-72-67-66(65-71)76-70(75-64-60-56-52-48-44-40-36-32-28-24-20-16-12-8-4)69(74-63-59-55-51-47-43-39-35-31-27-23-19-15-11-7-3)68(67)73-62-58-54-50-46-42-38-34-30-26-22-18-14-10-6-2/h66-71H,5-65H2,1-4H3/t66-,67-,68+,69-,70?/m1/s1. The van der Waals surface area contributed by atoms with E-state index in [4.69, 9.17) is 23.7 Å². The van der Waals surface area contributed by atoms with Crippen LogP contribution in [0.15, 0.2) is 0 Å². The van der Waals surface area contributed by atoms with Crippen LogP contribution in [-0.2, 0) is 23.7 Å². The molecule has 1 unspecified atom stereocenters. The van der Waals surface area contributed by atoms with Crippen LogP contribution in [0.4, 0.5) is 0 Å². The molecule has 1 rings (SSSR count). The monoisotopic (exact) mass is 1080 g/mol. The van der Waals surface area contributed by atoms with Crippen LogP contribution in [0.1, 0.15) is 387 Å². The van der Waals surface area contributed by atoms with Gasteiger partial charge in [-0.3, -0.25) is 0 Å². The first-order chi connectivity index (χ1) is 37.7. The number of aliphatic hydroxyl groups excluding tert-OH is 1. The third kappa shape index (κ3) is 48.5. The molecule has 0 aliphatic carbocycles. The Hall–Kier alpha value is -0.240. The van der Waals surface area contributed by atoms with Crippen molar-refractivity contribution >= 4 is 0 Å². The Kier molecular flexibility index (Phi) is 60.5. The van der Waals surface area contributed by atoms with Crippen LogP contribution in [0.5, 0.6) is 0 Å². The van der Waals surface area contributed by atoms with Crippen LogP contribution in [0.3, 0.4) is 0 Å². The fourth-order valence-corrected chi connectivity index (χ4v) is 11.8. The molecule has 6 nitrogen and oxygen atoms in total. The van der Waals surface area contributed by atoms with Gasteiger partial charge in [0.25, 0.3) is 0 Å². The highest BCUT2D eigenvalue weighted by atomic mass is 16.7. The van der Waals surface area contributed by atoms with E-state index in [0.29, 0.717) is 26.4 Å². The first kappa shape index (κ1) is 73.8. The number of hydrogen-bond donors (Lipinski definition) is 1. The number of rotatable bonds is 65. The van der Waals surface area contributed by atoms with Crippen molar-refractivity contribution in [3.8, 4) is 0 Å². The molecule has 1 heterocycles. The summed E-state index contributed by atoms with van der Waals surface area (Å²) < 4.78 is 33.9. The molecule has 1 aliphatic rings. The average molecular weight is 1080 g/mol. The van der Waals surface area contributed by atoms with Crippen LogP contribution < -0.4 is 0 Å². The normalized spacial score (nSPS) is 17.9. The van der Waals surface area contributed by atoms with Gasteiger partial charge >= 0.3 is 0 Å². The van der Waals surface area contributed by atoms with E-state index in [9.17, 15) is 5.11 Å². The molecular weight excluding hydrogens is 937 g/mol. The highest BCUT2D eigenvalue weighted by Crippen LogP contribution is 2.31. The maximum atomic E-state index is 10.9. The van der Waals surface area contributed by atoms with E-state index in [1.807, 2.05) is 0 Å². The van der Waals surface area contributed by atoms with Crippen LogP contribution in [0.25, 0.3) is 0 Å². The predicted molar refractivity (Wildman–Crippen MR) is 332 cm³/mol. The van der Waals surface area contributed by atoms with E-state index in [1.54, 1.807) is 0 Å². The van der Waals surface area contributed by atoms with E-state index in [-0.39, 0.29) is 24.9 Å². The summed E-state index contributed by atoms with van der Waals surface area (Å²) in [6, 6.07) is 0. The second-order valence-corrected chi connectivity index (χ2v) is 24.5. The Morgan fingerprint density at radius 3 is 0.632 bits per heavy atom. The number of hydrogen-bond acceptors (Lipinski definition) is 6. The zero-order valence-corrected chi connectivity index (χ0v) is 52.5. The smallest absolute Gasteiger partial charge is 0.186 e. The van der Waals surface area contributed by atoms with Crippen LogP contribution in [0, 0.1) is 0 Å². The molecular formula is C70H140O6. The third-order valence-electron chi connectivity index (χ3n) is 17.0.